The Hall–Kier alpha value is -3.41. The maximum atomic E-state index is 13.2. The van der Waals surface area contributed by atoms with Crippen molar-refractivity contribution in [3.05, 3.63) is 83.6 Å². The number of halogens is 2. The van der Waals surface area contributed by atoms with Crippen LogP contribution in [0.1, 0.15) is 0 Å². The smallest absolute Gasteiger partial charge is 0.277 e. The van der Waals surface area contributed by atoms with Gasteiger partial charge in [-0.3, -0.25) is 9.52 Å². The van der Waals surface area contributed by atoms with Crippen LogP contribution in [0.15, 0.2) is 87.3 Å². The van der Waals surface area contributed by atoms with E-state index in [0.717, 1.165) is 17.8 Å². The van der Waals surface area contributed by atoms with Crippen molar-refractivity contribution in [1.82, 2.24) is 10.2 Å². The van der Waals surface area contributed by atoms with Crippen molar-refractivity contribution >= 4 is 50.7 Å². The molecule has 4 aromatic rings. The third-order valence-electron chi connectivity index (χ3n) is 4.37. The van der Waals surface area contributed by atoms with Crippen molar-refractivity contribution in [3.63, 3.8) is 0 Å². The molecule has 0 aliphatic carbocycles. The predicted octanol–water partition coefficient (Wildman–Crippen LogP) is 5.06. The van der Waals surface area contributed by atoms with E-state index in [0.29, 0.717) is 16.9 Å². The molecule has 0 radical (unpaired) electrons. The van der Waals surface area contributed by atoms with Gasteiger partial charge in [-0.1, -0.05) is 41.6 Å². The Bertz CT molecular complexity index is 1410. The second-order valence-electron chi connectivity index (χ2n) is 6.83. The number of benzene rings is 3. The van der Waals surface area contributed by atoms with Crippen molar-refractivity contribution < 1.29 is 22.0 Å². The average Bonchev–Trinajstić information content (AvgIpc) is 3.30. The molecule has 174 valence electrons. The first-order valence-corrected chi connectivity index (χ1v) is 12.5. The molecule has 0 bridgehead atoms. The highest BCUT2D eigenvalue weighted by Crippen LogP contribution is 2.26. The number of hydrogen-bond acceptors (Lipinski definition) is 7. The van der Waals surface area contributed by atoms with Crippen LogP contribution < -0.4 is 10.0 Å². The van der Waals surface area contributed by atoms with E-state index in [9.17, 15) is 17.6 Å². The number of rotatable bonds is 8. The van der Waals surface area contributed by atoms with Gasteiger partial charge in [0.1, 0.15) is 5.82 Å². The van der Waals surface area contributed by atoms with E-state index in [2.05, 4.69) is 20.2 Å². The van der Waals surface area contributed by atoms with Gasteiger partial charge >= 0.3 is 0 Å². The van der Waals surface area contributed by atoms with E-state index in [1.165, 1.54) is 24.3 Å². The van der Waals surface area contributed by atoms with Gasteiger partial charge < -0.3 is 9.73 Å². The lowest BCUT2D eigenvalue weighted by Gasteiger charge is -2.08. The molecule has 0 saturated carbocycles. The molecule has 2 N–H and O–H groups in total. The maximum Gasteiger partial charge on any atom is 0.277 e. The molecule has 0 aliphatic rings. The topological polar surface area (TPSA) is 114 Å². The molecular formula is C22H16ClFN4O4S2. The summed E-state index contributed by atoms with van der Waals surface area (Å²) >= 11 is 6.73. The van der Waals surface area contributed by atoms with Crippen molar-refractivity contribution in [3.8, 4) is 11.5 Å². The molecule has 1 aromatic heterocycles. The molecule has 0 fully saturated rings. The minimum atomic E-state index is -3.70. The molecule has 0 aliphatic heterocycles. The SMILES string of the molecule is O=C(CSc1nnc(-c2ccc(NS(=O)(=O)c3ccccc3)cc2)o1)Nc1ccc(F)c(Cl)c1. The van der Waals surface area contributed by atoms with Crippen LogP contribution in [0, 0.1) is 5.82 Å². The molecule has 8 nitrogen and oxygen atoms in total. The Morgan fingerprint density at radius 1 is 1.00 bits per heavy atom. The Balaban J connectivity index is 1.34. The third kappa shape index (κ3) is 5.93. The summed E-state index contributed by atoms with van der Waals surface area (Å²) in [5.41, 5.74) is 1.32. The number of anilines is 2. The lowest BCUT2D eigenvalue weighted by atomic mass is 10.2. The molecular weight excluding hydrogens is 503 g/mol. The quantitative estimate of drug-likeness (QED) is 0.313. The summed E-state index contributed by atoms with van der Waals surface area (Å²) in [6.07, 6.45) is 0. The maximum absolute atomic E-state index is 13.2. The molecule has 12 heteroatoms. The van der Waals surface area contributed by atoms with E-state index in [4.69, 9.17) is 16.0 Å². The van der Waals surface area contributed by atoms with E-state index in [1.807, 2.05) is 0 Å². The van der Waals surface area contributed by atoms with Crippen LogP contribution in [-0.4, -0.2) is 30.3 Å². The number of nitrogens with zero attached hydrogens (tertiary/aromatic N) is 2. The summed E-state index contributed by atoms with van der Waals surface area (Å²) in [7, 11) is -3.70. The van der Waals surface area contributed by atoms with Gasteiger partial charge in [0, 0.05) is 16.9 Å². The summed E-state index contributed by atoms with van der Waals surface area (Å²) in [6.45, 7) is 0. The molecule has 1 heterocycles. The summed E-state index contributed by atoms with van der Waals surface area (Å²) < 4.78 is 46.1. The highest BCUT2D eigenvalue weighted by Gasteiger charge is 2.15. The second-order valence-corrected chi connectivity index (χ2v) is 9.85. The number of thioether (sulfide) groups is 1. The highest BCUT2D eigenvalue weighted by molar-refractivity contribution is 7.99. The Morgan fingerprint density at radius 3 is 2.41 bits per heavy atom. The van der Waals surface area contributed by atoms with Gasteiger partial charge in [-0.2, -0.15) is 0 Å². The van der Waals surface area contributed by atoms with E-state index in [-0.39, 0.29) is 32.7 Å². The zero-order valence-electron chi connectivity index (χ0n) is 17.2. The van der Waals surface area contributed by atoms with Crippen molar-refractivity contribution in [2.24, 2.45) is 0 Å². The summed E-state index contributed by atoms with van der Waals surface area (Å²) in [5, 5.41) is 10.5. The van der Waals surface area contributed by atoms with Gasteiger partial charge in [0.05, 0.1) is 15.7 Å². The zero-order valence-corrected chi connectivity index (χ0v) is 19.6. The van der Waals surface area contributed by atoms with Crippen LogP contribution in [0.3, 0.4) is 0 Å². The fourth-order valence-corrected chi connectivity index (χ4v) is 4.60. The van der Waals surface area contributed by atoms with Gasteiger partial charge in [-0.05, 0) is 54.6 Å². The number of carbonyl (C=O) groups is 1. The van der Waals surface area contributed by atoms with Gasteiger partial charge in [-0.25, -0.2) is 12.8 Å². The predicted molar refractivity (Wildman–Crippen MR) is 128 cm³/mol. The van der Waals surface area contributed by atoms with E-state index in [1.54, 1.807) is 42.5 Å². The molecule has 0 atom stereocenters. The first-order chi connectivity index (χ1) is 16.3. The minimum absolute atomic E-state index is 0.0170. The van der Waals surface area contributed by atoms with E-state index >= 15 is 0 Å². The second kappa shape index (κ2) is 10.2. The van der Waals surface area contributed by atoms with Crippen LogP contribution in [0.25, 0.3) is 11.5 Å². The highest BCUT2D eigenvalue weighted by atomic mass is 35.5. The first-order valence-electron chi connectivity index (χ1n) is 9.70. The number of aromatic nitrogens is 2. The number of hydrogen-bond donors (Lipinski definition) is 2. The Labute approximate surface area is 203 Å². The number of sulfonamides is 1. The lowest BCUT2D eigenvalue weighted by molar-refractivity contribution is -0.113. The molecule has 0 spiro atoms. The first kappa shape index (κ1) is 23.7. The Kier molecular flexibility index (Phi) is 7.15. The third-order valence-corrected chi connectivity index (χ3v) is 6.88. The number of amides is 1. The molecule has 0 unspecified atom stereocenters. The van der Waals surface area contributed by atoms with Crippen LogP contribution in [0.4, 0.5) is 15.8 Å². The van der Waals surface area contributed by atoms with Crippen LogP contribution in [-0.2, 0) is 14.8 Å². The fourth-order valence-electron chi connectivity index (χ4n) is 2.78. The van der Waals surface area contributed by atoms with Crippen LogP contribution in [0.2, 0.25) is 5.02 Å². The fraction of sp³-hybridized carbons (Fsp3) is 0.0455. The van der Waals surface area contributed by atoms with Gasteiger partial charge in [-0.15, -0.1) is 10.2 Å². The summed E-state index contributed by atoms with van der Waals surface area (Å²) in [4.78, 5) is 12.3. The van der Waals surface area contributed by atoms with Gasteiger partial charge in [0.25, 0.3) is 15.2 Å². The Morgan fingerprint density at radius 2 is 1.71 bits per heavy atom. The monoisotopic (exact) mass is 518 g/mol. The average molecular weight is 519 g/mol. The van der Waals surface area contributed by atoms with Crippen molar-refractivity contribution in [2.45, 2.75) is 10.1 Å². The van der Waals surface area contributed by atoms with Gasteiger partial charge in [0.2, 0.25) is 11.8 Å². The number of carbonyl (C=O) groups excluding carboxylic acids is 1. The standard InChI is InChI=1S/C22H16ClFN4O4S2/c23-18-12-16(10-11-19(18)24)25-20(29)13-33-22-27-26-21(32-22)14-6-8-15(9-7-14)28-34(30,31)17-4-2-1-3-5-17/h1-12,28H,13H2,(H,25,29). The van der Waals surface area contributed by atoms with Crippen LogP contribution in [0.5, 0.6) is 0 Å². The largest absolute Gasteiger partial charge is 0.411 e. The minimum Gasteiger partial charge on any atom is -0.411 e. The van der Waals surface area contributed by atoms with E-state index < -0.39 is 15.8 Å². The molecule has 0 saturated heterocycles. The molecule has 4 rings (SSSR count). The normalized spacial score (nSPS) is 11.2. The van der Waals surface area contributed by atoms with Crippen molar-refractivity contribution in [2.75, 3.05) is 15.8 Å². The zero-order chi connectivity index (χ0) is 24.1. The molecule has 34 heavy (non-hydrogen) atoms. The summed E-state index contributed by atoms with van der Waals surface area (Å²) in [5.74, 6) is -0.737. The number of nitrogens with one attached hydrogen (secondary N) is 2. The van der Waals surface area contributed by atoms with Crippen LogP contribution >= 0.6 is 23.4 Å². The summed E-state index contributed by atoms with van der Waals surface area (Å²) in [6, 6.07) is 18.3. The molecule has 3 aromatic carbocycles. The lowest BCUT2D eigenvalue weighted by Crippen LogP contribution is -2.14. The van der Waals surface area contributed by atoms with Gasteiger partial charge in [0.15, 0.2) is 0 Å². The molecule has 1 amide bonds. The van der Waals surface area contributed by atoms with Crippen molar-refractivity contribution in [1.29, 1.82) is 0 Å².